The van der Waals surface area contributed by atoms with E-state index in [1.165, 1.54) is 16.2 Å². The van der Waals surface area contributed by atoms with E-state index in [2.05, 4.69) is 138 Å². The second-order valence-corrected chi connectivity index (χ2v) is 12.9. The van der Waals surface area contributed by atoms with E-state index >= 15 is 0 Å². The molecule has 4 nitrogen and oxygen atoms in total. The lowest BCUT2D eigenvalue weighted by Crippen LogP contribution is -2.04. The zero-order valence-electron chi connectivity index (χ0n) is 26.8. The normalized spacial score (nSPS) is 12.0. The molecule has 0 bridgehead atoms. The lowest BCUT2D eigenvalue weighted by atomic mass is 9.98. The molecule has 232 valence electrons. The summed E-state index contributed by atoms with van der Waals surface area (Å²) in [4.78, 5) is 10.7. The van der Waals surface area contributed by atoms with E-state index in [1.54, 1.807) is 0 Å². The summed E-state index contributed by atoms with van der Waals surface area (Å²) in [5.74, 6) is 0.793. The molecule has 0 spiro atoms. The molecule has 0 amide bonds. The van der Waals surface area contributed by atoms with Crippen LogP contribution < -0.4 is 0 Å². The van der Waals surface area contributed by atoms with Crippen LogP contribution in [0.5, 0.6) is 0 Å². The van der Waals surface area contributed by atoms with Crippen molar-refractivity contribution < 1.29 is 4.42 Å². The van der Waals surface area contributed by atoms with Crippen molar-refractivity contribution in [2.45, 2.75) is 0 Å². The number of benzene rings is 8. The van der Waals surface area contributed by atoms with Gasteiger partial charge in [-0.05, 0) is 34.4 Å². The molecule has 8 aromatic carbocycles. The van der Waals surface area contributed by atoms with E-state index in [4.69, 9.17) is 14.4 Å². The third-order valence-electron chi connectivity index (χ3n) is 10.2. The fraction of sp³-hybridized carbons (Fsp3) is 0. The molecule has 50 heavy (non-hydrogen) atoms. The monoisotopic (exact) mass is 637 g/mol. The van der Waals surface area contributed by atoms with Gasteiger partial charge in [0, 0.05) is 43.6 Å². The van der Waals surface area contributed by atoms with Crippen molar-refractivity contribution in [1.29, 1.82) is 0 Å². The molecule has 11 aromatic rings. The van der Waals surface area contributed by atoms with E-state index in [0.717, 1.165) is 88.4 Å². The van der Waals surface area contributed by atoms with Crippen molar-refractivity contribution in [3.8, 4) is 28.2 Å². The highest BCUT2D eigenvalue weighted by molar-refractivity contribution is 6.24. The zero-order valence-corrected chi connectivity index (χ0v) is 26.8. The van der Waals surface area contributed by atoms with Crippen LogP contribution >= 0.6 is 0 Å². The van der Waals surface area contributed by atoms with Crippen LogP contribution in [0.25, 0.3) is 105 Å². The first-order valence-corrected chi connectivity index (χ1v) is 16.9. The maximum atomic E-state index is 6.80. The number of hydrogen-bond acceptors (Lipinski definition) is 3. The van der Waals surface area contributed by atoms with Crippen LogP contribution in [0, 0.1) is 0 Å². The van der Waals surface area contributed by atoms with Gasteiger partial charge in [0.2, 0.25) is 0 Å². The Morgan fingerprint density at radius 1 is 0.420 bits per heavy atom. The first-order chi connectivity index (χ1) is 24.8. The summed E-state index contributed by atoms with van der Waals surface area (Å²) in [6, 6.07) is 57.6. The molecule has 0 atom stereocenters. The van der Waals surface area contributed by atoms with Crippen LogP contribution in [0.4, 0.5) is 0 Å². The van der Waals surface area contributed by atoms with Gasteiger partial charge in [0.15, 0.2) is 5.82 Å². The van der Waals surface area contributed by atoms with E-state index < -0.39 is 0 Å². The Kier molecular flexibility index (Phi) is 5.63. The first kappa shape index (κ1) is 27.2. The standard InChI is InChI=1S/C46H27N3O/c1-2-14-30(15-3-1)42-46(48-39-23-9-8-22-38(39)47-42)49-43-32-17-7-5-13-29(32)24-26-35(43)33-18-10-19-34(44(33)49)36-20-11-21-37-41-31-16-6-4-12-28(31)25-27-40(41)50-45(36)37/h1-27H. The molecule has 0 unspecified atom stereocenters. The minimum Gasteiger partial charge on any atom is -0.455 e. The van der Waals surface area contributed by atoms with E-state index in [9.17, 15) is 0 Å². The summed E-state index contributed by atoms with van der Waals surface area (Å²) < 4.78 is 9.16. The number of furan rings is 1. The van der Waals surface area contributed by atoms with Crippen LogP contribution in [0.1, 0.15) is 0 Å². The van der Waals surface area contributed by atoms with Crippen LogP contribution in [0.3, 0.4) is 0 Å². The molecule has 3 aromatic heterocycles. The van der Waals surface area contributed by atoms with Crippen LogP contribution in [-0.4, -0.2) is 14.5 Å². The second kappa shape index (κ2) is 10.4. The smallest absolute Gasteiger partial charge is 0.165 e. The molecular weight excluding hydrogens is 611 g/mol. The topological polar surface area (TPSA) is 43.9 Å². The summed E-state index contributed by atoms with van der Waals surface area (Å²) >= 11 is 0. The highest BCUT2D eigenvalue weighted by Gasteiger charge is 2.24. The summed E-state index contributed by atoms with van der Waals surface area (Å²) in [7, 11) is 0. The van der Waals surface area contributed by atoms with E-state index in [1.807, 2.05) is 30.3 Å². The average molecular weight is 638 g/mol. The van der Waals surface area contributed by atoms with Crippen molar-refractivity contribution in [3.63, 3.8) is 0 Å². The van der Waals surface area contributed by atoms with Crippen LogP contribution in [0.15, 0.2) is 168 Å². The lowest BCUT2D eigenvalue weighted by Gasteiger charge is -2.16. The van der Waals surface area contributed by atoms with Crippen molar-refractivity contribution in [2.75, 3.05) is 0 Å². The van der Waals surface area contributed by atoms with Crippen molar-refractivity contribution >= 4 is 76.3 Å². The molecule has 0 fully saturated rings. The highest BCUT2D eigenvalue weighted by atomic mass is 16.3. The number of rotatable bonds is 3. The molecule has 0 radical (unpaired) electrons. The molecular formula is C46H27N3O. The molecule has 0 aliphatic heterocycles. The Labute approximate surface area is 286 Å². The summed E-state index contributed by atoms with van der Waals surface area (Å²) in [5.41, 5.74) is 9.61. The number of fused-ring (bicyclic) bond motifs is 11. The van der Waals surface area contributed by atoms with Crippen LogP contribution in [-0.2, 0) is 0 Å². The molecule has 0 saturated heterocycles. The molecule has 3 heterocycles. The fourth-order valence-corrected chi connectivity index (χ4v) is 7.97. The highest BCUT2D eigenvalue weighted by Crippen LogP contribution is 2.45. The van der Waals surface area contributed by atoms with Gasteiger partial charge in [-0.15, -0.1) is 0 Å². The van der Waals surface area contributed by atoms with Crippen LogP contribution in [0.2, 0.25) is 0 Å². The van der Waals surface area contributed by atoms with E-state index in [0.29, 0.717) is 0 Å². The number of para-hydroxylation sites is 4. The molecule has 11 rings (SSSR count). The predicted octanol–water partition coefficient (Wildman–Crippen LogP) is 12.3. The summed E-state index contributed by atoms with van der Waals surface area (Å²) in [5, 5.41) is 9.29. The Morgan fingerprint density at radius 3 is 1.88 bits per heavy atom. The Bertz CT molecular complexity index is 3150. The van der Waals surface area contributed by atoms with Gasteiger partial charge >= 0.3 is 0 Å². The maximum absolute atomic E-state index is 6.80. The Morgan fingerprint density at radius 2 is 1.04 bits per heavy atom. The van der Waals surface area contributed by atoms with Crippen molar-refractivity contribution in [3.05, 3.63) is 164 Å². The Balaban J connectivity index is 1.34. The SMILES string of the molecule is c1ccc(-c2nc3ccccc3nc2-n2c3c(-c4cccc5c4oc4ccc6ccccc6c45)cccc3c3ccc4ccccc4c32)cc1. The van der Waals surface area contributed by atoms with E-state index in [-0.39, 0.29) is 0 Å². The van der Waals surface area contributed by atoms with Gasteiger partial charge in [0.1, 0.15) is 16.9 Å². The third kappa shape index (κ3) is 3.81. The van der Waals surface area contributed by atoms with Gasteiger partial charge in [-0.1, -0.05) is 146 Å². The van der Waals surface area contributed by atoms with Crippen molar-refractivity contribution in [1.82, 2.24) is 14.5 Å². The van der Waals surface area contributed by atoms with Gasteiger partial charge < -0.3 is 4.42 Å². The molecule has 0 aliphatic rings. The number of hydrogen-bond donors (Lipinski definition) is 0. The minimum atomic E-state index is 0.793. The quantitative estimate of drug-likeness (QED) is 0.194. The Hall–Kier alpha value is -6.78. The lowest BCUT2D eigenvalue weighted by molar-refractivity contribution is 0.670. The second-order valence-electron chi connectivity index (χ2n) is 12.9. The number of aromatic nitrogens is 3. The fourth-order valence-electron chi connectivity index (χ4n) is 7.97. The molecule has 0 saturated carbocycles. The first-order valence-electron chi connectivity index (χ1n) is 16.9. The average Bonchev–Trinajstić information content (AvgIpc) is 3.74. The third-order valence-corrected chi connectivity index (χ3v) is 10.2. The minimum absolute atomic E-state index is 0.793. The van der Waals surface area contributed by atoms with Gasteiger partial charge in [0.25, 0.3) is 0 Å². The van der Waals surface area contributed by atoms with Gasteiger partial charge in [-0.25, -0.2) is 9.97 Å². The molecule has 4 heteroatoms. The van der Waals surface area contributed by atoms with Gasteiger partial charge in [0.05, 0.1) is 22.1 Å². The molecule has 0 aliphatic carbocycles. The largest absolute Gasteiger partial charge is 0.455 e. The zero-order chi connectivity index (χ0) is 32.8. The predicted molar refractivity (Wildman–Crippen MR) is 207 cm³/mol. The van der Waals surface area contributed by atoms with Crippen molar-refractivity contribution in [2.24, 2.45) is 0 Å². The summed E-state index contributed by atoms with van der Waals surface area (Å²) in [6.07, 6.45) is 0. The number of nitrogens with zero attached hydrogens (tertiary/aromatic N) is 3. The maximum Gasteiger partial charge on any atom is 0.165 e. The summed E-state index contributed by atoms with van der Waals surface area (Å²) in [6.45, 7) is 0. The van der Waals surface area contributed by atoms with Gasteiger partial charge in [-0.2, -0.15) is 0 Å². The molecule has 0 N–H and O–H groups in total. The van der Waals surface area contributed by atoms with Gasteiger partial charge in [-0.3, -0.25) is 4.57 Å².